The van der Waals surface area contributed by atoms with Gasteiger partial charge < -0.3 is 11.1 Å². The summed E-state index contributed by atoms with van der Waals surface area (Å²) in [6.07, 6.45) is 3.76. The van der Waals surface area contributed by atoms with Crippen LogP contribution in [0.25, 0.3) is 0 Å². The van der Waals surface area contributed by atoms with Crippen molar-refractivity contribution in [1.82, 2.24) is 5.32 Å². The zero-order chi connectivity index (χ0) is 14.3. The van der Waals surface area contributed by atoms with Gasteiger partial charge in [-0.25, -0.2) is 0 Å². The number of hydrogen-bond donors (Lipinski definition) is 2. The fourth-order valence-corrected chi connectivity index (χ4v) is 2.31. The van der Waals surface area contributed by atoms with Crippen LogP contribution in [0.3, 0.4) is 0 Å². The van der Waals surface area contributed by atoms with E-state index in [9.17, 15) is 4.79 Å². The molecular weight excluding hydrogens is 256 g/mol. The third kappa shape index (κ3) is 5.25. The van der Waals surface area contributed by atoms with Crippen LogP contribution < -0.4 is 11.1 Å². The van der Waals surface area contributed by atoms with Gasteiger partial charge in [0.05, 0.1) is 12.1 Å². The third-order valence-electron chi connectivity index (χ3n) is 3.22. The Kier molecular flexibility index (Phi) is 6.95. The lowest BCUT2D eigenvalue weighted by atomic mass is 10.0. The Labute approximate surface area is 120 Å². The predicted octanol–water partition coefficient (Wildman–Crippen LogP) is 2.51. The number of benzene rings is 1. The van der Waals surface area contributed by atoms with Crippen LogP contribution in [0.4, 0.5) is 0 Å². The third-order valence-corrected chi connectivity index (χ3v) is 3.86. The molecule has 3 N–H and O–H groups in total. The van der Waals surface area contributed by atoms with Crippen molar-refractivity contribution in [2.45, 2.75) is 38.8 Å². The van der Waals surface area contributed by atoms with Gasteiger partial charge in [0, 0.05) is 0 Å². The zero-order valence-corrected chi connectivity index (χ0v) is 12.8. The number of aryl methyl sites for hydroxylation is 1. The van der Waals surface area contributed by atoms with Crippen LogP contribution in [0.2, 0.25) is 0 Å². The highest BCUT2D eigenvalue weighted by atomic mass is 32.2. The molecule has 0 aliphatic heterocycles. The van der Waals surface area contributed by atoms with Crippen LogP contribution in [-0.4, -0.2) is 24.0 Å². The maximum Gasteiger partial charge on any atom is 0.237 e. The van der Waals surface area contributed by atoms with Gasteiger partial charge in [-0.2, -0.15) is 11.8 Å². The van der Waals surface area contributed by atoms with Crippen molar-refractivity contribution >= 4 is 17.7 Å². The van der Waals surface area contributed by atoms with E-state index in [0.717, 1.165) is 17.7 Å². The molecule has 0 saturated heterocycles. The highest BCUT2D eigenvalue weighted by Gasteiger charge is 2.16. The van der Waals surface area contributed by atoms with E-state index >= 15 is 0 Å². The maximum absolute atomic E-state index is 11.9. The van der Waals surface area contributed by atoms with E-state index in [1.807, 2.05) is 13.2 Å². The molecule has 0 fully saturated rings. The molecule has 0 heterocycles. The number of nitrogens with two attached hydrogens (primary N) is 1. The van der Waals surface area contributed by atoms with E-state index in [0.29, 0.717) is 6.42 Å². The van der Waals surface area contributed by atoms with Gasteiger partial charge in [-0.3, -0.25) is 4.79 Å². The molecule has 0 radical (unpaired) electrons. The first-order chi connectivity index (χ1) is 9.08. The average Bonchev–Trinajstić information content (AvgIpc) is 2.44. The van der Waals surface area contributed by atoms with Crippen LogP contribution in [0, 0.1) is 0 Å². The van der Waals surface area contributed by atoms with Crippen molar-refractivity contribution in [1.29, 1.82) is 0 Å². The van der Waals surface area contributed by atoms with Crippen LogP contribution in [0.5, 0.6) is 0 Å². The van der Waals surface area contributed by atoms with Gasteiger partial charge in [-0.05, 0) is 42.9 Å². The van der Waals surface area contributed by atoms with Gasteiger partial charge >= 0.3 is 0 Å². The number of carbonyl (C=O) groups is 1. The van der Waals surface area contributed by atoms with Crippen molar-refractivity contribution in [3.05, 3.63) is 35.4 Å². The summed E-state index contributed by atoms with van der Waals surface area (Å²) in [6, 6.07) is 7.93. The van der Waals surface area contributed by atoms with E-state index in [1.165, 1.54) is 5.56 Å². The van der Waals surface area contributed by atoms with Gasteiger partial charge in [-0.1, -0.05) is 31.2 Å². The van der Waals surface area contributed by atoms with Gasteiger partial charge in [0.15, 0.2) is 0 Å². The molecule has 1 unspecified atom stereocenters. The van der Waals surface area contributed by atoms with Crippen molar-refractivity contribution in [2.24, 2.45) is 5.73 Å². The Hall–Kier alpha value is -1.00. The smallest absolute Gasteiger partial charge is 0.237 e. The number of carbonyl (C=O) groups excluding carboxylic acids is 1. The second-order valence-corrected chi connectivity index (χ2v) is 5.70. The highest BCUT2D eigenvalue weighted by molar-refractivity contribution is 7.98. The predicted molar refractivity (Wildman–Crippen MR) is 83.4 cm³/mol. The first kappa shape index (κ1) is 16.1. The standard InChI is InChI=1S/C15H24N2OS/c1-4-12-5-7-13(8-6-12)11(2)17-15(18)14(16)9-10-19-3/h5-8,11,14H,4,9-10,16H2,1-3H3,(H,17,18)/t11?,14-/m0/s1. The molecule has 1 amide bonds. The molecule has 0 aliphatic carbocycles. The topological polar surface area (TPSA) is 55.1 Å². The number of thioether (sulfide) groups is 1. The monoisotopic (exact) mass is 280 g/mol. The normalized spacial score (nSPS) is 13.9. The molecule has 3 nitrogen and oxygen atoms in total. The average molecular weight is 280 g/mol. The van der Waals surface area contributed by atoms with E-state index < -0.39 is 6.04 Å². The molecule has 2 atom stereocenters. The Morgan fingerprint density at radius 1 is 1.37 bits per heavy atom. The Morgan fingerprint density at radius 2 is 2.00 bits per heavy atom. The second kappa shape index (κ2) is 8.23. The molecule has 1 rings (SSSR count). The minimum atomic E-state index is -0.412. The first-order valence-corrected chi connectivity index (χ1v) is 8.11. The summed E-state index contributed by atoms with van der Waals surface area (Å²) in [7, 11) is 0. The van der Waals surface area contributed by atoms with Crippen LogP contribution >= 0.6 is 11.8 Å². The van der Waals surface area contributed by atoms with Crippen molar-refractivity contribution in [2.75, 3.05) is 12.0 Å². The quantitative estimate of drug-likeness (QED) is 0.807. The molecular formula is C15H24N2OS. The summed E-state index contributed by atoms with van der Waals surface area (Å²) in [5.41, 5.74) is 8.27. The van der Waals surface area contributed by atoms with E-state index in [-0.39, 0.29) is 11.9 Å². The van der Waals surface area contributed by atoms with Gasteiger partial charge in [0.1, 0.15) is 0 Å². The van der Waals surface area contributed by atoms with Crippen molar-refractivity contribution in [3.63, 3.8) is 0 Å². The molecule has 0 spiro atoms. The van der Waals surface area contributed by atoms with Crippen LogP contribution in [-0.2, 0) is 11.2 Å². The molecule has 4 heteroatoms. The molecule has 19 heavy (non-hydrogen) atoms. The summed E-state index contributed by atoms with van der Waals surface area (Å²) in [5, 5.41) is 2.97. The van der Waals surface area contributed by atoms with E-state index in [4.69, 9.17) is 5.73 Å². The lowest BCUT2D eigenvalue weighted by Gasteiger charge is -2.18. The molecule has 106 valence electrons. The molecule has 0 aliphatic rings. The Morgan fingerprint density at radius 3 is 2.53 bits per heavy atom. The fourth-order valence-electron chi connectivity index (χ4n) is 1.82. The molecule has 0 aromatic heterocycles. The SMILES string of the molecule is CCc1ccc(C(C)NC(=O)[C@@H](N)CCSC)cc1. The Balaban J connectivity index is 2.53. The van der Waals surface area contributed by atoms with E-state index in [2.05, 4.69) is 36.5 Å². The largest absolute Gasteiger partial charge is 0.348 e. The summed E-state index contributed by atoms with van der Waals surface area (Å²) in [5.74, 6) is 0.842. The first-order valence-electron chi connectivity index (χ1n) is 6.72. The molecule has 0 saturated carbocycles. The number of nitrogens with one attached hydrogen (secondary N) is 1. The lowest BCUT2D eigenvalue weighted by Crippen LogP contribution is -2.41. The zero-order valence-electron chi connectivity index (χ0n) is 12.0. The summed E-state index contributed by atoms with van der Waals surface area (Å²) in [4.78, 5) is 11.9. The number of amides is 1. The minimum Gasteiger partial charge on any atom is -0.348 e. The van der Waals surface area contributed by atoms with Gasteiger partial charge in [0.25, 0.3) is 0 Å². The molecule has 1 aromatic carbocycles. The second-order valence-electron chi connectivity index (χ2n) is 4.71. The molecule has 1 aromatic rings. The summed E-state index contributed by atoms with van der Waals surface area (Å²) >= 11 is 1.71. The fraction of sp³-hybridized carbons (Fsp3) is 0.533. The summed E-state index contributed by atoms with van der Waals surface area (Å²) < 4.78 is 0. The molecule has 0 bridgehead atoms. The van der Waals surface area contributed by atoms with Crippen LogP contribution in [0.1, 0.15) is 37.4 Å². The van der Waals surface area contributed by atoms with Crippen LogP contribution in [0.15, 0.2) is 24.3 Å². The van der Waals surface area contributed by atoms with Crippen molar-refractivity contribution < 1.29 is 4.79 Å². The Bertz CT molecular complexity index is 392. The minimum absolute atomic E-state index is 0.00117. The highest BCUT2D eigenvalue weighted by Crippen LogP contribution is 2.14. The number of hydrogen-bond acceptors (Lipinski definition) is 3. The maximum atomic E-state index is 11.9. The van der Waals surface area contributed by atoms with Gasteiger partial charge in [0.2, 0.25) is 5.91 Å². The summed E-state index contributed by atoms with van der Waals surface area (Å²) in [6.45, 7) is 4.12. The number of rotatable bonds is 7. The lowest BCUT2D eigenvalue weighted by molar-refractivity contribution is -0.123. The van der Waals surface area contributed by atoms with Gasteiger partial charge in [-0.15, -0.1) is 0 Å². The van der Waals surface area contributed by atoms with Crippen molar-refractivity contribution in [3.8, 4) is 0 Å². The van der Waals surface area contributed by atoms with E-state index in [1.54, 1.807) is 11.8 Å².